The van der Waals surface area contributed by atoms with Gasteiger partial charge >= 0.3 is 12.1 Å². The smallest absolute Gasteiger partial charge is 0.475 e. The van der Waals surface area contributed by atoms with Gasteiger partial charge in [-0.25, -0.2) is 9.78 Å². The minimum absolute atomic E-state index is 0.248. The third kappa shape index (κ3) is 6.37. The third-order valence-electron chi connectivity index (χ3n) is 4.53. The first-order valence-electron chi connectivity index (χ1n) is 9.54. The molecule has 0 unspecified atom stereocenters. The molecule has 12 heteroatoms. The van der Waals surface area contributed by atoms with Crippen molar-refractivity contribution >= 4 is 28.3 Å². The molecule has 3 heterocycles. The average molecular weight is 468 g/mol. The fourth-order valence-corrected chi connectivity index (χ4v) is 3.90. The van der Waals surface area contributed by atoms with Crippen LogP contribution in [0.15, 0.2) is 47.1 Å². The number of carbonyl (C=O) groups excluding carboxylic acids is 1. The predicted molar refractivity (Wildman–Crippen MR) is 111 cm³/mol. The topological polar surface area (TPSA) is 117 Å². The third-order valence-corrected chi connectivity index (χ3v) is 5.60. The fourth-order valence-electron chi connectivity index (χ4n) is 2.92. The number of carboxylic acid groups (broad SMARTS) is 1. The highest BCUT2D eigenvalue weighted by Crippen LogP contribution is 2.32. The molecule has 1 aliphatic heterocycles. The van der Waals surface area contributed by atoms with Crippen LogP contribution in [-0.2, 0) is 4.79 Å². The summed E-state index contributed by atoms with van der Waals surface area (Å²) in [5, 5.41) is 17.8. The van der Waals surface area contributed by atoms with Crippen LogP contribution in [0, 0.1) is 0 Å². The van der Waals surface area contributed by atoms with E-state index in [9.17, 15) is 18.0 Å². The number of alkyl halides is 3. The maximum absolute atomic E-state index is 12.4. The number of carboxylic acids is 1. The van der Waals surface area contributed by atoms with Gasteiger partial charge in [0.05, 0.1) is 0 Å². The molecule has 8 nitrogen and oxygen atoms in total. The SMILES string of the molecule is O=C(Nc1ncc(C2CCNCC2)s1)c1cc(-c2ccccc2)on1.O=C(O)C(F)(F)F. The lowest BCUT2D eigenvalue weighted by atomic mass is 9.97. The number of aliphatic carboxylic acids is 1. The van der Waals surface area contributed by atoms with E-state index >= 15 is 0 Å². The van der Waals surface area contributed by atoms with Crippen LogP contribution >= 0.6 is 11.3 Å². The predicted octanol–water partition coefficient (Wildman–Crippen LogP) is 4.15. The van der Waals surface area contributed by atoms with E-state index in [0.717, 1.165) is 31.5 Å². The van der Waals surface area contributed by atoms with Crippen molar-refractivity contribution in [1.82, 2.24) is 15.5 Å². The zero-order chi connectivity index (χ0) is 23.1. The Labute approximate surface area is 184 Å². The molecular formula is C20H19F3N4O4S. The highest BCUT2D eigenvalue weighted by molar-refractivity contribution is 7.15. The van der Waals surface area contributed by atoms with Gasteiger partial charge in [-0.2, -0.15) is 13.2 Å². The highest BCUT2D eigenvalue weighted by Gasteiger charge is 2.38. The summed E-state index contributed by atoms with van der Waals surface area (Å²) < 4.78 is 37.0. The summed E-state index contributed by atoms with van der Waals surface area (Å²) in [4.78, 5) is 26.8. The molecule has 170 valence electrons. The van der Waals surface area contributed by atoms with Crippen LogP contribution in [-0.4, -0.2) is 46.4 Å². The van der Waals surface area contributed by atoms with Crippen LogP contribution in [0.4, 0.5) is 18.3 Å². The molecule has 1 aromatic carbocycles. The Hall–Kier alpha value is -3.25. The van der Waals surface area contributed by atoms with Crippen LogP contribution in [0.3, 0.4) is 0 Å². The molecule has 3 aromatic rings. The van der Waals surface area contributed by atoms with Gasteiger partial charge in [-0.1, -0.05) is 35.5 Å². The van der Waals surface area contributed by atoms with Crippen molar-refractivity contribution in [3.8, 4) is 11.3 Å². The second-order valence-corrected chi connectivity index (χ2v) is 7.85. The molecule has 1 aliphatic rings. The molecule has 2 aromatic heterocycles. The number of hydrogen-bond donors (Lipinski definition) is 3. The summed E-state index contributed by atoms with van der Waals surface area (Å²) in [6.07, 6.45) is -0.993. The van der Waals surface area contributed by atoms with Crippen molar-refractivity contribution in [2.75, 3.05) is 18.4 Å². The molecular weight excluding hydrogens is 449 g/mol. The van der Waals surface area contributed by atoms with Crippen LogP contribution in [0.5, 0.6) is 0 Å². The maximum atomic E-state index is 12.4. The van der Waals surface area contributed by atoms with Crippen molar-refractivity contribution in [2.24, 2.45) is 0 Å². The number of thiazole rings is 1. The van der Waals surface area contributed by atoms with Crippen LogP contribution in [0.25, 0.3) is 11.3 Å². The van der Waals surface area contributed by atoms with Crippen molar-refractivity contribution in [3.05, 3.63) is 53.2 Å². The second-order valence-electron chi connectivity index (χ2n) is 6.79. The zero-order valence-electron chi connectivity index (χ0n) is 16.6. The standard InChI is InChI=1S/C18H18N4O2S.C2HF3O2/c23-17(14-10-15(24-22-14)12-4-2-1-3-5-12)21-18-20-11-16(25-18)13-6-8-19-9-7-13;3-2(4,5)1(6)7/h1-5,10-11,13,19H,6-9H2,(H,20,21,23);(H,6,7). The highest BCUT2D eigenvalue weighted by atomic mass is 32.1. The quantitative estimate of drug-likeness (QED) is 0.527. The Morgan fingerprint density at radius 2 is 1.84 bits per heavy atom. The molecule has 0 saturated carbocycles. The Morgan fingerprint density at radius 3 is 2.47 bits per heavy atom. The van der Waals surface area contributed by atoms with Crippen molar-refractivity contribution < 1.29 is 32.4 Å². The number of carbonyl (C=O) groups is 2. The van der Waals surface area contributed by atoms with Gasteiger partial charge < -0.3 is 14.9 Å². The van der Waals surface area contributed by atoms with Gasteiger partial charge in [0.25, 0.3) is 5.91 Å². The first-order chi connectivity index (χ1) is 15.2. The number of nitrogens with one attached hydrogen (secondary N) is 2. The van der Waals surface area contributed by atoms with Crippen molar-refractivity contribution in [1.29, 1.82) is 0 Å². The Bertz CT molecular complexity index is 1050. The molecule has 0 radical (unpaired) electrons. The van der Waals surface area contributed by atoms with Crippen LogP contribution < -0.4 is 10.6 Å². The number of rotatable bonds is 4. The first-order valence-corrected chi connectivity index (χ1v) is 10.4. The molecule has 0 spiro atoms. The molecule has 0 atom stereocenters. The van der Waals surface area contributed by atoms with E-state index in [4.69, 9.17) is 14.4 Å². The monoisotopic (exact) mass is 468 g/mol. The van der Waals surface area contributed by atoms with E-state index < -0.39 is 12.1 Å². The molecule has 0 aliphatic carbocycles. The van der Waals surface area contributed by atoms with E-state index in [0.29, 0.717) is 16.8 Å². The Balaban J connectivity index is 0.000000360. The first kappa shape index (κ1) is 23.4. The number of piperidine rings is 1. The largest absolute Gasteiger partial charge is 0.490 e. The number of hydrogen-bond acceptors (Lipinski definition) is 7. The maximum Gasteiger partial charge on any atom is 0.490 e. The second kappa shape index (κ2) is 10.4. The molecule has 1 amide bonds. The number of anilines is 1. The number of aromatic nitrogens is 2. The van der Waals surface area contributed by atoms with Gasteiger partial charge in [-0.15, -0.1) is 11.3 Å². The zero-order valence-corrected chi connectivity index (χ0v) is 17.4. The van der Waals surface area contributed by atoms with Gasteiger partial charge in [0.15, 0.2) is 16.6 Å². The lowest BCUT2D eigenvalue weighted by Gasteiger charge is -2.20. The number of benzene rings is 1. The number of nitrogens with zero attached hydrogens (tertiary/aromatic N) is 2. The van der Waals surface area contributed by atoms with E-state index in [1.165, 1.54) is 16.2 Å². The van der Waals surface area contributed by atoms with Gasteiger partial charge in [0.1, 0.15) is 0 Å². The summed E-state index contributed by atoms with van der Waals surface area (Å²) in [5.41, 5.74) is 1.13. The minimum Gasteiger partial charge on any atom is -0.475 e. The van der Waals surface area contributed by atoms with E-state index in [1.807, 2.05) is 36.5 Å². The fraction of sp³-hybridized carbons (Fsp3) is 0.300. The van der Waals surface area contributed by atoms with Crippen LogP contribution in [0.1, 0.15) is 34.1 Å². The summed E-state index contributed by atoms with van der Waals surface area (Å²) in [6.45, 7) is 2.07. The van der Waals surface area contributed by atoms with Crippen LogP contribution in [0.2, 0.25) is 0 Å². The summed E-state index contributed by atoms with van der Waals surface area (Å²) in [5.74, 6) is -1.97. The summed E-state index contributed by atoms with van der Waals surface area (Å²) in [6, 6.07) is 11.2. The molecule has 3 N–H and O–H groups in total. The van der Waals surface area contributed by atoms with E-state index in [-0.39, 0.29) is 11.6 Å². The van der Waals surface area contributed by atoms with E-state index in [2.05, 4.69) is 20.8 Å². The molecule has 0 bridgehead atoms. The lowest BCUT2D eigenvalue weighted by Crippen LogP contribution is -2.26. The van der Waals surface area contributed by atoms with Gasteiger partial charge in [0.2, 0.25) is 0 Å². The average Bonchev–Trinajstić information content (AvgIpc) is 3.45. The summed E-state index contributed by atoms with van der Waals surface area (Å²) in [7, 11) is 0. The Morgan fingerprint density at radius 1 is 1.19 bits per heavy atom. The molecule has 32 heavy (non-hydrogen) atoms. The number of amides is 1. The summed E-state index contributed by atoms with van der Waals surface area (Å²) >= 11 is 1.54. The van der Waals surface area contributed by atoms with Crippen molar-refractivity contribution in [3.63, 3.8) is 0 Å². The molecule has 1 fully saturated rings. The van der Waals surface area contributed by atoms with Gasteiger partial charge in [0, 0.05) is 22.7 Å². The van der Waals surface area contributed by atoms with E-state index in [1.54, 1.807) is 6.07 Å². The molecule has 1 saturated heterocycles. The lowest BCUT2D eigenvalue weighted by molar-refractivity contribution is -0.192. The minimum atomic E-state index is -5.08. The van der Waals surface area contributed by atoms with Gasteiger partial charge in [-0.3, -0.25) is 10.1 Å². The normalized spacial score (nSPS) is 14.3. The number of halogens is 3. The Kier molecular flexibility index (Phi) is 7.59. The molecule has 4 rings (SSSR count). The van der Waals surface area contributed by atoms with Gasteiger partial charge in [-0.05, 0) is 31.8 Å². The van der Waals surface area contributed by atoms with Crippen molar-refractivity contribution in [2.45, 2.75) is 24.9 Å².